The molecule has 1 aromatic rings. The van der Waals surface area contributed by atoms with Crippen LogP contribution < -0.4 is 57.1 Å². The number of anilines is 1. The third-order valence-electron chi connectivity index (χ3n) is 1.16. The third kappa shape index (κ3) is 3.35. The Bertz CT molecular complexity index is 250. The zero-order valence-electron chi connectivity index (χ0n) is 7.24. The molecule has 0 fully saturated rings. The van der Waals surface area contributed by atoms with Crippen LogP contribution in [0.5, 0.6) is 0 Å². The van der Waals surface area contributed by atoms with Gasteiger partial charge in [0.1, 0.15) is 0 Å². The molecular weight excluding hydrogens is 169 g/mol. The predicted octanol–water partition coefficient (Wildman–Crippen LogP) is -1.92. The Morgan fingerprint density at radius 1 is 1.36 bits per heavy atom. The summed E-state index contributed by atoms with van der Waals surface area (Å²) in [6, 6.07) is 6.06. The molecule has 0 heterocycles. The van der Waals surface area contributed by atoms with Crippen LogP contribution in [0.15, 0.2) is 24.3 Å². The Morgan fingerprint density at radius 2 is 1.82 bits per heavy atom. The Labute approximate surface area is 108 Å². The molecule has 11 heavy (non-hydrogen) atoms. The van der Waals surface area contributed by atoms with E-state index in [-0.39, 0.29) is 58.4 Å². The zero-order valence-corrected chi connectivity index (χ0v) is 9.37. The molecule has 0 aliphatic rings. The first-order valence-electron chi connectivity index (χ1n) is 2.79. The molecule has 1 rings (SSSR count). The first-order valence-corrected chi connectivity index (χ1v) is 2.79. The van der Waals surface area contributed by atoms with Crippen molar-refractivity contribution in [3.8, 4) is 0 Å². The number of nitrogen functional groups attached to an aromatic ring is 1. The minimum absolute atomic E-state index is 0. The molecule has 0 aliphatic heterocycles. The summed E-state index contributed by atoms with van der Waals surface area (Å²) in [7, 11) is 0. The minimum Gasteiger partial charge on any atom is -1.00 e. The van der Waals surface area contributed by atoms with Crippen LogP contribution in [0.25, 0.3) is 0 Å². The van der Waals surface area contributed by atoms with E-state index in [2.05, 4.69) is 0 Å². The number of benzene rings is 1. The monoisotopic (exact) mass is 177 g/mol. The van der Waals surface area contributed by atoms with Crippen LogP contribution in [0.1, 0.15) is 11.8 Å². The molecule has 4 heteroatoms. The zero-order chi connectivity index (χ0) is 7.56. The molecule has 0 unspecified atom stereocenters. The van der Waals surface area contributed by atoms with E-state index >= 15 is 0 Å². The SMILES string of the molecule is Nc1ccc(C(=O)O)cc1.[H-].[K+]. The first kappa shape index (κ1) is 11.1. The normalized spacial score (nSPS) is 8.36. The standard InChI is InChI=1S/C7H7NO2.K.H/c8-6-3-1-5(2-4-6)7(9)10;;/h1-4H,8H2,(H,9,10);;/q;+1;-1. The maximum atomic E-state index is 10.3. The number of hydrogen-bond donors (Lipinski definition) is 2. The number of aromatic carboxylic acids is 1. The van der Waals surface area contributed by atoms with Crippen molar-refractivity contribution >= 4 is 11.7 Å². The fourth-order valence-corrected chi connectivity index (χ4v) is 0.626. The van der Waals surface area contributed by atoms with E-state index in [1.165, 1.54) is 12.1 Å². The van der Waals surface area contributed by atoms with Crippen LogP contribution in [0.4, 0.5) is 5.69 Å². The van der Waals surface area contributed by atoms with Crippen LogP contribution in [0.2, 0.25) is 0 Å². The summed E-state index contributed by atoms with van der Waals surface area (Å²) in [5, 5.41) is 8.43. The van der Waals surface area contributed by atoms with Gasteiger partial charge in [0, 0.05) is 5.69 Å². The van der Waals surface area contributed by atoms with Crippen molar-refractivity contribution in [1.82, 2.24) is 0 Å². The molecular formula is C7H8KNO2. The van der Waals surface area contributed by atoms with Crippen molar-refractivity contribution < 1.29 is 62.7 Å². The number of rotatable bonds is 1. The van der Waals surface area contributed by atoms with Crippen LogP contribution in [0, 0.1) is 0 Å². The number of carboxylic acids is 1. The second-order valence-corrected chi connectivity index (χ2v) is 1.93. The summed E-state index contributed by atoms with van der Waals surface area (Å²) >= 11 is 0. The van der Waals surface area contributed by atoms with E-state index < -0.39 is 5.97 Å². The van der Waals surface area contributed by atoms with Gasteiger partial charge in [-0.05, 0) is 24.3 Å². The maximum absolute atomic E-state index is 10.3. The van der Waals surface area contributed by atoms with E-state index in [9.17, 15) is 4.79 Å². The van der Waals surface area contributed by atoms with Crippen LogP contribution in [0.3, 0.4) is 0 Å². The average molecular weight is 177 g/mol. The van der Waals surface area contributed by atoms with Crippen LogP contribution in [-0.2, 0) is 0 Å². The Hall–Kier alpha value is 0.126. The molecule has 0 bridgehead atoms. The Balaban J connectivity index is 0. The molecule has 3 nitrogen and oxygen atoms in total. The molecule has 0 aliphatic carbocycles. The van der Waals surface area contributed by atoms with Crippen molar-refractivity contribution in [2.45, 2.75) is 0 Å². The van der Waals surface area contributed by atoms with Gasteiger partial charge < -0.3 is 12.3 Å². The second kappa shape index (κ2) is 4.90. The molecule has 3 N–H and O–H groups in total. The molecule has 0 radical (unpaired) electrons. The van der Waals surface area contributed by atoms with E-state index in [1.54, 1.807) is 12.1 Å². The van der Waals surface area contributed by atoms with E-state index in [1.807, 2.05) is 0 Å². The fraction of sp³-hybridized carbons (Fsp3) is 0. The minimum atomic E-state index is -0.931. The van der Waals surface area contributed by atoms with Crippen molar-refractivity contribution in [1.29, 1.82) is 0 Å². The molecule has 0 saturated heterocycles. The van der Waals surface area contributed by atoms with Crippen molar-refractivity contribution in [3.05, 3.63) is 29.8 Å². The Kier molecular flexibility index (Phi) is 4.95. The maximum Gasteiger partial charge on any atom is 1.00 e. The summed E-state index contributed by atoms with van der Waals surface area (Å²) in [6.07, 6.45) is 0. The summed E-state index contributed by atoms with van der Waals surface area (Å²) in [4.78, 5) is 10.3. The summed E-state index contributed by atoms with van der Waals surface area (Å²) < 4.78 is 0. The fourth-order valence-electron chi connectivity index (χ4n) is 0.626. The molecule has 54 valence electrons. The third-order valence-corrected chi connectivity index (χ3v) is 1.16. The van der Waals surface area contributed by atoms with E-state index in [0.29, 0.717) is 5.69 Å². The summed E-state index contributed by atoms with van der Waals surface area (Å²) in [6.45, 7) is 0. The van der Waals surface area contributed by atoms with E-state index in [4.69, 9.17) is 10.8 Å². The topological polar surface area (TPSA) is 63.3 Å². The van der Waals surface area contributed by atoms with Gasteiger partial charge in [-0.2, -0.15) is 0 Å². The van der Waals surface area contributed by atoms with Gasteiger partial charge in [0.15, 0.2) is 0 Å². The molecule has 0 saturated carbocycles. The number of nitrogens with two attached hydrogens (primary N) is 1. The quantitative estimate of drug-likeness (QED) is 0.388. The van der Waals surface area contributed by atoms with Gasteiger partial charge in [-0.15, -0.1) is 0 Å². The van der Waals surface area contributed by atoms with Crippen molar-refractivity contribution in [2.75, 3.05) is 5.73 Å². The summed E-state index contributed by atoms with van der Waals surface area (Å²) in [5.74, 6) is -0.931. The predicted molar refractivity (Wildman–Crippen MR) is 38.9 cm³/mol. The van der Waals surface area contributed by atoms with Gasteiger partial charge in [-0.25, -0.2) is 4.79 Å². The molecule has 0 amide bonds. The molecule has 1 aromatic carbocycles. The van der Waals surface area contributed by atoms with Crippen molar-refractivity contribution in [2.24, 2.45) is 0 Å². The van der Waals surface area contributed by atoms with Gasteiger partial charge in [-0.1, -0.05) is 0 Å². The Morgan fingerprint density at radius 3 is 2.18 bits per heavy atom. The average Bonchev–Trinajstić information content (AvgIpc) is 1.88. The van der Waals surface area contributed by atoms with Gasteiger partial charge in [0.2, 0.25) is 0 Å². The number of carbonyl (C=O) groups is 1. The summed E-state index contributed by atoms with van der Waals surface area (Å²) in [5.41, 5.74) is 6.17. The number of hydrogen-bond acceptors (Lipinski definition) is 2. The molecule has 0 spiro atoms. The molecule has 0 atom stereocenters. The van der Waals surface area contributed by atoms with Gasteiger partial charge in [0.05, 0.1) is 5.56 Å². The largest absolute Gasteiger partial charge is 1.00 e. The van der Waals surface area contributed by atoms with E-state index in [0.717, 1.165) is 0 Å². The van der Waals surface area contributed by atoms with Gasteiger partial charge in [0.25, 0.3) is 0 Å². The first-order chi connectivity index (χ1) is 4.70. The smallest absolute Gasteiger partial charge is 1.00 e. The second-order valence-electron chi connectivity index (χ2n) is 1.93. The molecule has 0 aromatic heterocycles. The van der Waals surface area contributed by atoms with Crippen molar-refractivity contribution in [3.63, 3.8) is 0 Å². The van der Waals surface area contributed by atoms with Crippen LogP contribution >= 0.6 is 0 Å². The van der Waals surface area contributed by atoms with Crippen LogP contribution in [-0.4, -0.2) is 11.1 Å². The number of carboxylic acid groups (broad SMARTS) is 1. The van der Waals surface area contributed by atoms with Gasteiger partial charge in [-0.3, -0.25) is 0 Å². The van der Waals surface area contributed by atoms with Gasteiger partial charge >= 0.3 is 57.4 Å².